The van der Waals surface area contributed by atoms with Crippen LogP contribution >= 0.6 is 0 Å². The lowest BCUT2D eigenvalue weighted by molar-refractivity contribution is -0.134. The maximum absolute atomic E-state index is 12.7. The summed E-state index contributed by atoms with van der Waals surface area (Å²) in [6.45, 7) is 3.61. The predicted octanol–water partition coefficient (Wildman–Crippen LogP) is 2.43. The molecule has 1 aliphatic heterocycles. The van der Waals surface area contributed by atoms with E-state index in [0.29, 0.717) is 18.6 Å². The summed E-state index contributed by atoms with van der Waals surface area (Å²) in [6.07, 6.45) is 11.0. The van der Waals surface area contributed by atoms with Crippen LogP contribution in [0.2, 0.25) is 0 Å². The molecular formula is C16H28N2O2. The van der Waals surface area contributed by atoms with Crippen LogP contribution in [0.3, 0.4) is 0 Å². The lowest BCUT2D eigenvalue weighted by Gasteiger charge is -2.24. The zero-order chi connectivity index (χ0) is 14.0. The van der Waals surface area contributed by atoms with Gasteiger partial charge in [0.25, 0.3) is 0 Å². The number of rotatable bonds is 5. The first kappa shape index (κ1) is 14.3. The minimum absolute atomic E-state index is 0.216. The number of ether oxygens (including phenoxy) is 1. The lowest BCUT2D eigenvalue weighted by Crippen LogP contribution is -2.44. The van der Waals surface area contributed by atoms with E-state index in [1.165, 1.54) is 38.5 Å². The molecular weight excluding hydrogens is 252 g/mol. The average molecular weight is 280 g/mol. The summed E-state index contributed by atoms with van der Waals surface area (Å²) in [7, 11) is 0. The summed E-state index contributed by atoms with van der Waals surface area (Å²) in [4.78, 5) is 14.8. The summed E-state index contributed by atoms with van der Waals surface area (Å²) in [5.74, 6) is 0.330. The zero-order valence-electron chi connectivity index (χ0n) is 12.7. The van der Waals surface area contributed by atoms with Gasteiger partial charge in [0.2, 0.25) is 5.91 Å². The number of nitrogens with one attached hydrogen (secondary N) is 1. The Morgan fingerprint density at radius 3 is 2.60 bits per heavy atom. The van der Waals surface area contributed by atoms with Crippen molar-refractivity contribution in [2.24, 2.45) is 0 Å². The maximum atomic E-state index is 12.7. The Kier molecular flexibility index (Phi) is 4.32. The van der Waals surface area contributed by atoms with Crippen molar-refractivity contribution in [2.45, 2.75) is 82.5 Å². The molecule has 3 rings (SSSR count). The van der Waals surface area contributed by atoms with Gasteiger partial charge in [-0.25, -0.2) is 0 Å². The van der Waals surface area contributed by atoms with E-state index in [1.807, 2.05) is 4.90 Å². The predicted molar refractivity (Wildman–Crippen MR) is 78.3 cm³/mol. The van der Waals surface area contributed by atoms with Gasteiger partial charge in [0.1, 0.15) is 0 Å². The first-order chi connectivity index (χ1) is 9.75. The summed E-state index contributed by atoms with van der Waals surface area (Å²) >= 11 is 0. The molecule has 3 fully saturated rings. The highest BCUT2D eigenvalue weighted by Crippen LogP contribution is 2.36. The Balaban J connectivity index is 1.55. The van der Waals surface area contributed by atoms with E-state index in [-0.39, 0.29) is 11.7 Å². The molecule has 1 N–H and O–H groups in total. The van der Waals surface area contributed by atoms with Crippen LogP contribution in [-0.4, -0.2) is 41.8 Å². The third-order valence-corrected chi connectivity index (χ3v) is 5.32. The summed E-state index contributed by atoms with van der Waals surface area (Å²) in [6, 6.07) is 0. The van der Waals surface area contributed by atoms with E-state index in [4.69, 9.17) is 4.74 Å². The second-order valence-corrected chi connectivity index (χ2v) is 6.63. The molecule has 4 nitrogen and oxygen atoms in total. The molecule has 2 aliphatic carbocycles. The zero-order valence-corrected chi connectivity index (χ0v) is 12.7. The first-order valence-corrected chi connectivity index (χ1v) is 8.45. The molecule has 1 atom stereocenters. The van der Waals surface area contributed by atoms with E-state index in [9.17, 15) is 4.79 Å². The molecule has 3 aliphatic rings. The molecule has 20 heavy (non-hydrogen) atoms. The van der Waals surface area contributed by atoms with Gasteiger partial charge in [0, 0.05) is 6.54 Å². The van der Waals surface area contributed by atoms with E-state index in [1.54, 1.807) is 0 Å². The molecule has 0 aromatic carbocycles. The van der Waals surface area contributed by atoms with Crippen molar-refractivity contribution < 1.29 is 9.53 Å². The Morgan fingerprint density at radius 1 is 1.25 bits per heavy atom. The monoisotopic (exact) mass is 280 g/mol. The van der Waals surface area contributed by atoms with Crippen molar-refractivity contribution in [1.82, 2.24) is 10.2 Å². The van der Waals surface area contributed by atoms with Gasteiger partial charge in [-0.3, -0.25) is 10.1 Å². The fourth-order valence-corrected chi connectivity index (χ4v) is 4.16. The second kappa shape index (κ2) is 6.02. The van der Waals surface area contributed by atoms with Gasteiger partial charge >= 0.3 is 0 Å². The van der Waals surface area contributed by atoms with Gasteiger partial charge in [-0.15, -0.1) is 0 Å². The van der Waals surface area contributed by atoms with Crippen LogP contribution in [0.5, 0.6) is 0 Å². The Labute approximate surface area is 122 Å². The smallest absolute Gasteiger partial charge is 0.244 e. The summed E-state index contributed by atoms with van der Waals surface area (Å²) in [5, 5.41) is 3.62. The van der Waals surface area contributed by atoms with Crippen molar-refractivity contribution in [1.29, 1.82) is 0 Å². The van der Waals surface area contributed by atoms with Crippen molar-refractivity contribution >= 4 is 5.91 Å². The van der Waals surface area contributed by atoms with Crippen molar-refractivity contribution in [3.8, 4) is 0 Å². The summed E-state index contributed by atoms with van der Waals surface area (Å²) in [5.41, 5.74) is -0.228. The highest BCUT2D eigenvalue weighted by Gasteiger charge is 2.51. The van der Waals surface area contributed by atoms with E-state index < -0.39 is 0 Å². The molecule has 0 aromatic heterocycles. The highest BCUT2D eigenvalue weighted by atomic mass is 16.5. The number of hydrogen-bond donors (Lipinski definition) is 1. The molecule has 4 heteroatoms. The minimum Gasteiger partial charge on any atom is -0.376 e. The van der Waals surface area contributed by atoms with Gasteiger partial charge in [0.05, 0.1) is 24.4 Å². The molecule has 0 bridgehead atoms. The Hall–Kier alpha value is -0.610. The number of amides is 1. The van der Waals surface area contributed by atoms with Gasteiger partial charge < -0.3 is 9.64 Å². The van der Waals surface area contributed by atoms with Crippen LogP contribution < -0.4 is 5.32 Å². The normalized spacial score (nSPS) is 29.9. The molecule has 1 spiro atoms. The van der Waals surface area contributed by atoms with Crippen molar-refractivity contribution in [3.05, 3.63) is 0 Å². The van der Waals surface area contributed by atoms with Gasteiger partial charge in [-0.05, 0) is 32.1 Å². The average Bonchev–Trinajstić information content (AvgIpc) is 3.17. The molecule has 0 aromatic rings. The number of hydrogen-bond acceptors (Lipinski definition) is 3. The third kappa shape index (κ3) is 2.60. The molecule has 1 amide bonds. The second-order valence-electron chi connectivity index (χ2n) is 6.63. The largest absolute Gasteiger partial charge is 0.376 e. The van der Waals surface area contributed by atoms with Gasteiger partial charge in [-0.1, -0.05) is 32.6 Å². The Morgan fingerprint density at radius 2 is 1.95 bits per heavy atom. The fraction of sp³-hybridized carbons (Fsp3) is 0.938. The first-order valence-electron chi connectivity index (χ1n) is 8.45. The molecule has 114 valence electrons. The van der Waals surface area contributed by atoms with Crippen molar-refractivity contribution in [3.63, 3.8) is 0 Å². The van der Waals surface area contributed by atoms with Crippen LogP contribution in [0.15, 0.2) is 0 Å². The maximum Gasteiger partial charge on any atom is 0.244 e. The van der Waals surface area contributed by atoms with Crippen LogP contribution in [-0.2, 0) is 9.53 Å². The standard InChI is InChI=1S/C16H28N2O2/c1-2-14-17-16(9-5-6-10-16)15(19)18(14)11-12-20-13-7-3-4-8-13/h13-14,17H,2-12H2,1H3. The fourth-order valence-electron chi connectivity index (χ4n) is 4.16. The van der Waals surface area contributed by atoms with E-state index >= 15 is 0 Å². The minimum atomic E-state index is -0.228. The SMILES string of the molecule is CCC1NC2(CCCC2)C(=O)N1CCOC1CCCC1. The van der Waals surface area contributed by atoms with E-state index in [0.717, 1.165) is 25.8 Å². The van der Waals surface area contributed by atoms with Gasteiger partial charge in [-0.2, -0.15) is 0 Å². The van der Waals surface area contributed by atoms with Crippen LogP contribution in [0.4, 0.5) is 0 Å². The number of nitrogens with zero attached hydrogens (tertiary/aromatic N) is 1. The topological polar surface area (TPSA) is 41.6 Å². The molecule has 1 unspecified atom stereocenters. The Bertz CT molecular complexity index is 346. The molecule has 1 heterocycles. The summed E-state index contributed by atoms with van der Waals surface area (Å²) < 4.78 is 5.94. The molecule has 2 saturated carbocycles. The quantitative estimate of drug-likeness (QED) is 0.841. The number of carbonyl (C=O) groups is 1. The van der Waals surface area contributed by atoms with Gasteiger partial charge in [0.15, 0.2) is 0 Å². The third-order valence-electron chi connectivity index (χ3n) is 5.32. The van der Waals surface area contributed by atoms with Crippen LogP contribution in [0.25, 0.3) is 0 Å². The lowest BCUT2D eigenvalue weighted by atomic mass is 9.98. The highest BCUT2D eigenvalue weighted by molar-refractivity contribution is 5.89. The van der Waals surface area contributed by atoms with Crippen LogP contribution in [0, 0.1) is 0 Å². The van der Waals surface area contributed by atoms with Crippen molar-refractivity contribution in [2.75, 3.05) is 13.2 Å². The number of carbonyl (C=O) groups excluding carboxylic acids is 1. The molecule has 0 radical (unpaired) electrons. The van der Waals surface area contributed by atoms with E-state index in [2.05, 4.69) is 12.2 Å². The molecule has 1 saturated heterocycles. The van der Waals surface area contributed by atoms with Crippen LogP contribution in [0.1, 0.15) is 64.7 Å².